The van der Waals surface area contributed by atoms with Crippen LogP contribution < -0.4 is 5.32 Å². The van der Waals surface area contributed by atoms with Crippen molar-refractivity contribution in [3.8, 4) is 0 Å². The summed E-state index contributed by atoms with van der Waals surface area (Å²) >= 11 is 0. The van der Waals surface area contributed by atoms with Crippen molar-refractivity contribution in [2.24, 2.45) is 7.05 Å². The van der Waals surface area contributed by atoms with Crippen LogP contribution in [0.1, 0.15) is 40.0 Å². The standard InChI is InChI=1S/C14H19N5O3/c1-5-8-19-10(6-7-15-19)13(20)16-11-9(2)18(3)17-12(11)14(21)22-4/h6-7H,5,8H2,1-4H3,(H,16,20). The minimum absolute atomic E-state index is 0.0809. The smallest absolute Gasteiger partial charge is 0.360 e. The highest BCUT2D eigenvalue weighted by atomic mass is 16.5. The van der Waals surface area contributed by atoms with Gasteiger partial charge >= 0.3 is 5.97 Å². The highest BCUT2D eigenvalue weighted by molar-refractivity contribution is 6.07. The fraction of sp³-hybridized carbons (Fsp3) is 0.429. The molecular weight excluding hydrogens is 286 g/mol. The summed E-state index contributed by atoms with van der Waals surface area (Å²) in [5, 5.41) is 10.9. The number of amides is 1. The number of aryl methyl sites for hydroxylation is 2. The maximum atomic E-state index is 12.4. The van der Waals surface area contributed by atoms with Crippen LogP contribution in [-0.4, -0.2) is 38.5 Å². The second kappa shape index (κ2) is 6.42. The van der Waals surface area contributed by atoms with Crippen LogP contribution in [0.15, 0.2) is 12.3 Å². The van der Waals surface area contributed by atoms with Gasteiger partial charge in [-0.1, -0.05) is 6.92 Å². The number of nitrogens with zero attached hydrogens (tertiary/aromatic N) is 4. The molecule has 0 aliphatic carbocycles. The molecule has 0 radical (unpaired) electrons. The Morgan fingerprint density at radius 1 is 1.41 bits per heavy atom. The van der Waals surface area contributed by atoms with E-state index in [0.717, 1.165) is 6.42 Å². The number of aromatic nitrogens is 4. The minimum Gasteiger partial charge on any atom is -0.464 e. The van der Waals surface area contributed by atoms with Crippen LogP contribution in [0.2, 0.25) is 0 Å². The number of ether oxygens (including phenoxy) is 1. The minimum atomic E-state index is -0.596. The molecule has 8 heteroatoms. The summed E-state index contributed by atoms with van der Waals surface area (Å²) in [6.07, 6.45) is 2.43. The molecule has 0 saturated heterocycles. The molecule has 2 aromatic heterocycles. The first-order chi connectivity index (χ1) is 10.5. The van der Waals surface area contributed by atoms with Crippen molar-refractivity contribution < 1.29 is 14.3 Å². The molecule has 2 heterocycles. The molecule has 2 rings (SSSR count). The van der Waals surface area contributed by atoms with E-state index in [4.69, 9.17) is 4.74 Å². The summed E-state index contributed by atoms with van der Waals surface area (Å²) in [5.74, 6) is -0.937. The Kier molecular flexibility index (Phi) is 4.59. The van der Waals surface area contributed by atoms with Gasteiger partial charge in [-0.15, -0.1) is 0 Å². The van der Waals surface area contributed by atoms with Gasteiger partial charge in [0.05, 0.1) is 18.5 Å². The van der Waals surface area contributed by atoms with Gasteiger partial charge in [0.1, 0.15) is 5.69 Å². The summed E-state index contributed by atoms with van der Waals surface area (Å²) in [5.41, 5.74) is 1.53. The van der Waals surface area contributed by atoms with Gasteiger partial charge in [0, 0.05) is 19.8 Å². The van der Waals surface area contributed by atoms with Gasteiger partial charge in [-0.2, -0.15) is 10.2 Å². The Morgan fingerprint density at radius 2 is 2.14 bits per heavy atom. The molecule has 0 aromatic carbocycles. The molecule has 118 valence electrons. The van der Waals surface area contributed by atoms with Crippen molar-refractivity contribution in [3.05, 3.63) is 29.3 Å². The van der Waals surface area contributed by atoms with Crippen molar-refractivity contribution in [2.75, 3.05) is 12.4 Å². The van der Waals surface area contributed by atoms with E-state index < -0.39 is 5.97 Å². The average Bonchev–Trinajstić information content (AvgIpc) is 3.07. The summed E-state index contributed by atoms with van der Waals surface area (Å²) in [6, 6.07) is 1.63. The molecule has 0 atom stereocenters. The lowest BCUT2D eigenvalue weighted by Crippen LogP contribution is -2.19. The lowest BCUT2D eigenvalue weighted by atomic mass is 10.2. The van der Waals surface area contributed by atoms with Gasteiger partial charge < -0.3 is 10.1 Å². The van der Waals surface area contributed by atoms with E-state index in [1.807, 2.05) is 6.92 Å². The first-order valence-electron chi connectivity index (χ1n) is 6.94. The molecule has 0 spiro atoms. The van der Waals surface area contributed by atoms with Crippen LogP contribution >= 0.6 is 0 Å². The van der Waals surface area contributed by atoms with Crippen molar-refractivity contribution in [1.82, 2.24) is 19.6 Å². The lowest BCUT2D eigenvalue weighted by Gasteiger charge is -2.08. The van der Waals surface area contributed by atoms with Crippen LogP contribution in [0, 0.1) is 6.92 Å². The summed E-state index contributed by atoms with van der Waals surface area (Å²) in [7, 11) is 2.97. The van der Waals surface area contributed by atoms with Crippen molar-refractivity contribution in [3.63, 3.8) is 0 Å². The number of methoxy groups -OCH3 is 1. The Morgan fingerprint density at radius 3 is 2.77 bits per heavy atom. The van der Waals surface area contributed by atoms with Gasteiger partial charge in [-0.3, -0.25) is 14.2 Å². The largest absolute Gasteiger partial charge is 0.464 e. The third-order valence-electron chi connectivity index (χ3n) is 3.34. The van der Waals surface area contributed by atoms with E-state index in [0.29, 0.717) is 23.6 Å². The Labute approximate surface area is 128 Å². The van der Waals surface area contributed by atoms with Crippen LogP contribution in [-0.2, 0) is 18.3 Å². The van der Waals surface area contributed by atoms with Crippen molar-refractivity contribution in [2.45, 2.75) is 26.8 Å². The maximum absolute atomic E-state index is 12.4. The van der Waals surface area contributed by atoms with Gasteiger partial charge in [-0.25, -0.2) is 4.79 Å². The Hall–Kier alpha value is -2.64. The SMILES string of the molecule is CCCn1nccc1C(=O)Nc1c(C(=O)OC)nn(C)c1C. The van der Waals surface area contributed by atoms with E-state index in [2.05, 4.69) is 15.5 Å². The normalized spacial score (nSPS) is 10.5. The maximum Gasteiger partial charge on any atom is 0.360 e. The predicted molar refractivity (Wildman–Crippen MR) is 79.8 cm³/mol. The van der Waals surface area contributed by atoms with Crippen molar-refractivity contribution in [1.29, 1.82) is 0 Å². The molecule has 0 unspecified atom stereocenters. The summed E-state index contributed by atoms with van der Waals surface area (Å²) < 4.78 is 7.84. The lowest BCUT2D eigenvalue weighted by molar-refractivity contribution is 0.0594. The number of hydrogen-bond donors (Lipinski definition) is 1. The van der Waals surface area contributed by atoms with Crippen LogP contribution in [0.4, 0.5) is 5.69 Å². The Balaban J connectivity index is 2.32. The number of carbonyl (C=O) groups excluding carboxylic acids is 2. The molecule has 0 fully saturated rings. The first-order valence-corrected chi connectivity index (χ1v) is 6.94. The van der Waals surface area contributed by atoms with E-state index in [1.165, 1.54) is 11.8 Å². The molecule has 0 aliphatic rings. The highest BCUT2D eigenvalue weighted by Gasteiger charge is 2.23. The number of anilines is 1. The first kappa shape index (κ1) is 15.7. The molecule has 0 bridgehead atoms. The molecule has 1 N–H and O–H groups in total. The molecule has 8 nitrogen and oxygen atoms in total. The second-order valence-corrected chi connectivity index (χ2v) is 4.82. The summed E-state index contributed by atoms with van der Waals surface area (Å²) in [4.78, 5) is 24.2. The Bertz CT molecular complexity index is 701. The van der Waals surface area contributed by atoms with Crippen LogP contribution in [0.3, 0.4) is 0 Å². The molecule has 0 aliphatic heterocycles. The quantitative estimate of drug-likeness (QED) is 0.843. The molecule has 22 heavy (non-hydrogen) atoms. The number of carbonyl (C=O) groups is 2. The highest BCUT2D eigenvalue weighted by Crippen LogP contribution is 2.21. The molecule has 0 saturated carbocycles. The molecule has 1 amide bonds. The number of rotatable bonds is 5. The predicted octanol–water partition coefficient (Wildman–Crippen LogP) is 1.37. The van der Waals surface area contributed by atoms with Crippen LogP contribution in [0.5, 0.6) is 0 Å². The zero-order valence-corrected chi connectivity index (χ0v) is 13.1. The third-order valence-corrected chi connectivity index (χ3v) is 3.34. The molecular formula is C14H19N5O3. The van der Waals surface area contributed by atoms with Gasteiger partial charge in [0.15, 0.2) is 5.69 Å². The van der Waals surface area contributed by atoms with E-state index >= 15 is 0 Å². The number of nitrogens with one attached hydrogen (secondary N) is 1. The van der Waals surface area contributed by atoms with Crippen LogP contribution in [0.25, 0.3) is 0 Å². The average molecular weight is 305 g/mol. The van der Waals surface area contributed by atoms with Crippen molar-refractivity contribution >= 4 is 17.6 Å². The zero-order valence-electron chi connectivity index (χ0n) is 13.1. The van der Waals surface area contributed by atoms with E-state index in [9.17, 15) is 9.59 Å². The topological polar surface area (TPSA) is 91.0 Å². The molecule has 2 aromatic rings. The zero-order chi connectivity index (χ0) is 16.3. The second-order valence-electron chi connectivity index (χ2n) is 4.82. The number of esters is 1. The fourth-order valence-corrected chi connectivity index (χ4v) is 2.09. The van der Waals surface area contributed by atoms with E-state index in [1.54, 1.807) is 30.9 Å². The van der Waals surface area contributed by atoms with Gasteiger partial charge in [0.2, 0.25) is 0 Å². The monoisotopic (exact) mass is 305 g/mol. The van der Waals surface area contributed by atoms with Gasteiger partial charge in [-0.05, 0) is 19.4 Å². The van der Waals surface area contributed by atoms with Gasteiger partial charge in [0.25, 0.3) is 5.91 Å². The summed E-state index contributed by atoms with van der Waals surface area (Å²) in [6.45, 7) is 4.41. The van der Waals surface area contributed by atoms with E-state index in [-0.39, 0.29) is 11.6 Å². The third kappa shape index (κ3) is 2.85. The fourth-order valence-electron chi connectivity index (χ4n) is 2.09. The number of hydrogen-bond acceptors (Lipinski definition) is 5.